The predicted molar refractivity (Wildman–Crippen MR) is 124 cm³/mol. The number of nitrogens with zero attached hydrogens (tertiary/aromatic N) is 3. The summed E-state index contributed by atoms with van der Waals surface area (Å²) in [5, 5.41) is 22.0. The van der Waals surface area contributed by atoms with E-state index >= 15 is 0 Å². The molecule has 1 aliphatic heterocycles. The molecule has 3 N–H and O–H groups in total. The number of aromatic amines is 1. The Kier molecular flexibility index (Phi) is 4.67. The lowest BCUT2D eigenvalue weighted by Gasteiger charge is -2.24. The minimum absolute atomic E-state index is 0.166. The number of fused-ring (bicyclic) bond motifs is 1. The number of thiazole rings is 1. The molecule has 1 aliphatic rings. The number of aliphatic hydroxyl groups excluding tert-OH is 1. The van der Waals surface area contributed by atoms with Gasteiger partial charge in [-0.15, -0.1) is 11.3 Å². The molecule has 0 radical (unpaired) electrons. The highest BCUT2D eigenvalue weighted by Gasteiger charge is 2.34. The van der Waals surface area contributed by atoms with Crippen LogP contribution in [-0.2, 0) is 0 Å². The molecule has 0 spiro atoms. The number of hydrogen-bond acceptors (Lipinski definition) is 5. The first-order valence-electron chi connectivity index (χ1n) is 9.45. The first-order chi connectivity index (χ1) is 14.5. The van der Waals surface area contributed by atoms with Crippen molar-refractivity contribution in [2.45, 2.75) is 13.0 Å². The van der Waals surface area contributed by atoms with E-state index in [4.69, 9.17) is 5.41 Å². The van der Waals surface area contributed by atoms with E-state index in [1.54, 1.807) is 0 Å². The number of rotatable bonds is 4. The van der Waals surface area contributed by atoms with Crippen molar-refractivity contribution >= 4 is 49.7 Å². The van der Waals surface area contributed by atoms with Crippen molar-refractivity contribution in [1.29, 1.82) is 5.41 Å². The van der Waals surface area contributed by atoms with Crippen LogP contribution in [0.2, 0.25) is 0 Å². The van der Waals surface area contributed by atoms with Crippen LogP contribution in [0.15, 0.2) is 64.1 Å². The number of benzene rings is 2. The van der Waals surface area contributed by atoms with Gasteiger partial charge in [0.05, 0.1) is 34.9 Å². The number of nitrogens with one attached hydrogen (secondary N) is 2. The van der Waals surface area contributed by atoms with Gasteiger partial charge in [0.1, 0.15) is 22.4 Å². The van der Waals surface area contributed by atoms with E-state index in [9.17, 15) is 5.11 Å². The fraction of sp³-hybridized carbons (Fsp3) is 0.136. The summed E-state index contributed by atoms with van der Waals surface area (Å²) in [4.78, 5) is 14.5. The summed E-state index contributed by atoms with van der Waals surface area (Å²) in [6, 6.07) is 15.6. The molecule has 0 amide bonds. The second kappa shape index (κ2) is 7.37. The molecule has 3 heterocycles. The SMILES string of the molecule is C[C@H](c1nc2ccccc2[nH]1)N1CC(O)=C(c2nc(-c3ccc(Br)cc3)cs2)C1=N. The van der Waals surface area contributed by atoms with Crippen LogP contribution < -0.4 is 0 Å². The maximum atomic E-state index is 10.7. The number of aliphatic hydroxyl groups is 1. The van der Waals surface area contributed by atoms with Crippen LogP contribution in [0.4, 0.5) is 0 Å². The Hall–Kier alpha value is -2.97. The van der Waals surface area contributed by atoms with Gasteiger partial charge >= 0.3 is 0 Å². The van der Waals surface area contributed by atoms with Crippen molar-refractivity contribution in [2.24, 2.45) is 0 Å². The Morgan fingerprint density at radius 1 is 1.17 bits per heavy atom. The maximum Gasteiger partial charge on any atom is 0.135 e. The first kappa shape index (κ1) is 19.0. The monoisotopic (exact) mass is 479 g/mol. The maximum absolute atomic E-state index is 10.7. The van der Waals surface area contributed by atoms with Crippen LogP contribution in [0.5, 0.6) is 0 Å². The summed E-state index contributed by atoms with van der Waals surface area (Å²) in [5.41, 5.74) is 4.17. The second-order valence-corrected chi connectivity index (χ2v) is 8.93. The van der Waals surface area contributed by atoms with Crippen LogP contribution in [0.3, 0.4) is 0 Å². The quantitative estimate of drug-likeness (QED) is 0.346. The Morgan fingerprint density at radius 3 is 2.70 bits per heavy atom. The highest BCUT2D eigenvalue weighted by Crippen LogP contribution is 2.35. The molecule has 30 heavy (non-hydrogen) atoms. The van der Waals surface area contributed by atoms with Crippen LogP contribution in [0.1, 0.15) is 23.8 Å². The molecule has 4 aromatic rings. The van der Waals surface area contributed by atoms with Crippen LogP contribution in [-0.4, -0.2) is 37.3 Å². The molecule has 150 valence electrons. The number of amidine groups is 1. The van der Waals surface area contributed by atoms with Crippen molar-refractivity contribution in [2.75, 3.05) is 6.54 Å². The van der Waals surface area contributed by atoms with E-state index in [2.05, 4.69) is 30.9 Å². The molecule has 2 aromatic heterocycles. The Bertz CT molecular complexity index is 1260. The van der Waals surface area contributed by atoms with Crippen LogP contribution in [0.25, 0.3) is 27.9 Å². The van der Waals surface area contributed by atoms with Gasteiger partial charge < -0.3 is 15.0 Å². The molecule has 1 atom stereocenters. The lowest BCUT2D eigenvalue weighted by Crippen LogP contribution is -2.30. The second-order valence-electron chi connectivity index (χ2n) is 7.16. The fourth-order valence-electron chi connectivity index (χ4n) is 3.61. The molecular weight excluding hydrogens is 462 g/mol. The van der Waals surface area contributed by atoms with Gasteiger partial charge in [-0.3, -0.25) is 5.41 Å². The molecule has 0 fully saturated rings. The molecule has 8 heteroatoms. The Balaban J connectivity index is 1.42. The van der Waals surface area contributed by atoms with Crippen molar-refractivity contribution in [3.05, 3.63) is 75.0 Å². The lowest BCUT2D eigenvalue weighted by molar-refractivity contribution is 0.304. The predicted octanol–water partition coefficient (Wildman–Crippen LogP) is 5.77. The molecule has 0 unspecified atom stereocenters. The summed E-state index contributed by atoms with van der Waals surface area (Å²) < 4.78 is 1.01. The van der Waals surface area contributed by atoms with Gasteiger partial charge in [-0.25, -0.2) is 9.97 Å². The minimum atomic E-state index is -0.185. The van der Waals surface area contributed by atoms with E-state index in [1.165, 1.54) is 11.3 Å². The van der Waals surface area contributed by atoms with Crippen molar-refractivity contribution in [3.8, 4) is 11.3 Å². The zero-order valence-electron chi connectivity index (χ0n) is 16.1. The Morgan fingerprint density at radius 2 is 1.93 bits per heavy atom. The number of aromatic nitrogens is 3. The molecular formula is C22H18BrN5OS. The van der Waals surface area contributed by atoms with Gasteiger partial charge in [-0.2, -0.15) is 0 Å². The van der Waals surface area contributed by atoms with E-state index in [1.807, 2.05) is 65.7 Å². The summed E-state index contributed by atoms with van der Waals surface area (Å²) in [7, 11) is 0. The lowest BCUT2D eigenvalue weighted by atomic mass is 10.2. The smallest absolute Gasteiger partial charge is 0.135 e. The fourth-order valence-corrected chi connectivity index (χ4v) is 4.77. The summed E-state index contributed by atoms with van der Waals surface area (Å²) in [5.74, 6) is 1.20. The topological polar surface area (TPSA) is 88.9 Å². The third-order valence-electron chi connectivity index (χ3n) is 5.26. The largest absolute Gasteiger partial charge is 0.510 e. The average Bonchev–Trinajstić information content (AvgIpc) is 3.45. The first-order valence-corrected chi connectivity index (χ1v) is 11.1. The van der Waals surface area contributed by atoms with Gasteiger partial charge in [0.2, 0.25) is 0 Å². The molecule has 0 bridgehead atoms. The zero-order chi connectivity index (χ0) is 20.8. The average molecular weight is 480 g/mol. The van der Waals surface area contributed by atoms with E-state index in [0.717, 1.165) is 32.6 Å². The summed E-state index contributed by atoms with van der Waals surface area (Å²) >= 11 is 4.88. The highest BCUT2D eigenvalue weighted by atomic mass is 79.9. The number of H-pyrrole nitrogens is 1. The summed E-state index contributed by atoms with van der Waals surface area (Å²) in [6.45, 7) is 2.25. The zero-order valence-corrected chi connectivity index (χ0v) is 18.5. The molecule has 2 aromatic carbocycles. The number of para-hydroxylation sites is 2. The normalized spacial score (nSPS) is 15.4. The third kappa shape index (κ3) is 3.22. The Labute approximate surface area is 185 Å². The van der Waals surface area contributed by atoms with Crippen LogP contribution >= 0.6 is 27.3 Å². The molecule has 0 saturated carbocycles. The van der Waals surface area contributed by atoms with Crippen molar-refractivity contribution in [1.82, 2.24) is 19.9 Å². The van der Waals surface area contributed by atoms with Gasteiger partial charge in [-0.1, -0.05) is 40.2 Å². The third-order valence-corrected chi connectivity index (χ3v) is 6.65. The van der Waals surface area contributed by atoms with E-state index in [0.29, 0.717) is 10.6 Å². The van der Waals surface area contributed by atoms with E-state index in [-0.39, 0.29) is 24.2 Å². The van der Waals surface area contributed by atoms with Crippen molar-refractivity contribution in [3.63, 3.8) is 0 Å². The number of halogens is 1. The number of imidazole rings is 1. The molecule has 0 saturated heterocycles. The van der Waals surface area contributed by atoms with Gasteiger partial charge in [-0.05, 0) is 31.2 Å². The minimum Gasteiger partial charge on any atom is -0.510 e. The van der Waals surface area contributed by atoms with E-state index < -0.39 is 0 Å². The van der Waals surface area contributed by atoms with Crippen LogP contribution in [0, 0.1) is 5.41 Å². The van der Waals surface area contributed by atoms with Gasteiger partial charge in [0.15, 0.2) is 0 Å². The molecule has 6 nitrogen and oxygen atoms in total. The molecule has 5 rings (SSSR count). The molecule has 0 aliphatic carbocycles. The van der Waals surface area contributed by atoms with Gasteiger partial charge in [0, 0.05) is 15.4 Å². The summed E-state index contributed by atoms with van der Waals surface area (Å²) in [6.07, 6.45) is 0. The standard InChI is InChI=1S/C22H18BrN5OS/c1-12(21-25-15-4-2-3-5-16(15)26-21)28-10-18(29)19(20(28)24)22-27-17(11-30-22)13-6-8-14(23)9-7-13/h2-9,11-12,24,29H,10H2,1H3,(H,25,26)/t12-/m1/s1. The van der Waals surface area contributed by atoms with Crippen molar-refractivity contribution < 1.29 is 5.11 Å². The highest BCUT2D eigenvalue weighted by molar-refractivity contribution is 9.10. The van der Waals surface area contributed by atoms with Gasteiger partial charge in [0.25, 0.3) is 0 Å². The number of hydrogen-bond donors (Lipinski definition) is 3.